The highest BCUT2D eigenvalue weighted by Gasteiger charge is 2.19. The van der Waals surface area contributed by atoms with Crippen LogP contribution in [0.1, 0.15) is 6.92 Å². The summed E-state index contributed by atoms with van der Waals surface area (Å²) >= 11 is 0. The number of nitrogens with zero attached hydrogens (tertiary/aromatic N) is 2. The number of aromatic nitrogens is 2. The molecule has 1 aromatic carbocycles. The molecule has 0 aliphatic rings. The number of sulfonamides is 1. The van der Waals surface area contributed by atoms with E-state index in [2.05, 4.69) is 9.71 Å². The molecule has 22 heavy (non-hydrogen) atoms. The molecule has 1 heterocycles. The molecule has 0 saturated heterocycles. The number of benzene rings is 1. The minimum Gasteiger partial charge on any atom is -0.493 e. The summed E-state index contributed by atoms with van der Waals surface area (Å²) in [6, 6.07) is 4.19. The molecule has 0 aliphatic heterocycles. The Morgan fingerprint density at radius 2 is 2.00 bits per heavy atom. The Kier molecular flexibility index (Phi) is 5.04. The zero-order chi connectivity index (χ0) is 16.2. The molecule has 7 nitrogen and oxygen atoms in total. The quantitative estimate of drug-likeness (QED) is 0.829. The summed E-state index contributed by atoms with van der Waals surface area (Å²) in [5, 5.41) is 0. The summed E-state index contributed by atoms with van der Waals surface area (Å²) in [5.41, 5.74) is 0. The summed E-state index contributed by atoms with van der Waals surface area (Å²) in [4.78, 5) is 4.05. The van der Waals surface area contributed by atoms with Crippen LogP contribution in [-0.4, -0.2) is 38.2 Å². The van der Waals surface area contributed by atoms with Gasteiger partial charge in [-0.05, 0) is 19.1 Å². The Labute approximate surface area is 129 Å². The van der Waals surface area contributed by atoms with Gasteiger partial charge in [0, 0.05) is 31.0 Å². The van der Waals surface area contributed by atoms with Crippen LogP contribution in [0, 0.1) is 0 Å². The molecule has 0 fully saturated rings. The molecule has 120 valence electrons. The van der Waals surface area contributed by atoms with Crippen molar-refractivity contribution in [3.63, 3.8) is 0 Å². The third-order valence-electron chi connectivity index (χ3n) is 3.07. The van der Waals surface area contributed by atoms with Gasteiger partial charge < -0.3 is 14.0 Å². The van der Waals surface area contributed by atoms with Crippen molar-refractivity contribution in [1.29, 1.82) is 0 Å². The minimum atomic E-state index is -3.64. The molecular weight excluding hydrogens is 306 g/mol. The fourth-order valence-electron chi connectivity index (χ4n) is 2.06. The monoisotopic (exact) mass is 325 g/mol. The second-order valence-electron chi connectivity index (χ2n) is 4.80. The fourth-order valence-corrected chi connectivity index (χ4v) is 3.31. The summed E-state index contributed by atoms with van der Waals surface area (Å²) in [6.07, 6.45) is 5.07. The first-order chi connectivity index (χ1) is 10.5. The van der Waals surface area contributed by atoms with Crippen LogP contribution in [0.25, 0.3) is 0 Å². The number of ether oxygens (including phenoxy) is 2. The highest BCUT2D eigenvalue weighted by atomic mass is 32.2. The van der Waals surface area contributed by atoms with E-state index in [1.807, 2.05) is 4.57 Å². The van der Waals surface area contributed by atoms with E-state index < -0.39 is 10.0 Å². The molecule has 0 aliphatic carbocycles. The van der Waals surface area contributed by atoms with E-state index in [1.165, 1.54) is 26.4 Å². The van der Waals surface area contributed by atoms with E-state index in [4.69, 9.17) is 9.47 Å². The SMILES string of the molecule is COc1ccc(S(=O)(=O)NC(C)Cn2ccnc2)cc1OC. The number of rotatable bonds is 7. The van der Waals surface area contributed by atoms with Gasteiger partial charge in [-0.15, -0.1) is 0 Å². The van der Waals surface area contributed by atoms with Crippen molar-refractivity contribution in [3.05, 3.63) is 36.9 Å². The number of imidazole rings is 1. The van der Waals surface area contributed by atoms with Crippen LogP contribution in [-0.2, 0) is 16.6 Å². The number of methoxy groups -OCH3 is 2. The Balaban J connectivity index is 2.15. The van der Waals surface area contributed by atoms with Crippen LogP contribution >= 0.6 is 0 Å². The number of hydrogen-bond donors (Lipinski definition) is 1. The topological polar surface area (TPSA) is 82.5 Å². The standard InChI is InChI=1S/C14H19N3O4S/c1-11(9-17-7-6-15-10-17)16-22(18,19)12-4-5-13(20-2)14(8-12)21-3/h4-8,10-11,16H,9H2,1-3H3. The zero-order valence-electron chi connectivity index (χ0n) is 12.7. The third kappa shape index (κ3) is 3.77. The van der Waals surface area contributed by atoms with E-state index in [1.54, 1.807) is 31.7 Å². The molecule has 0 spiro atoms. The lowest BCUT2D eigenvalue weighted by atomic mass is 10.3. The summed E-state index contributed by atoms with van der Waals surface area (Å²) < 4.78 is 39.5. The Morgan fingerprint density at radius 1 is 1.27 bits per heavy atom. The molecule has 0 radical (unpaired) electrons. The van der Waals surface area contributed by atoms with Crippen LogP contribution in [0.3, 0.4) is 0 Å². The Morgan fingerprint density at radius 3 is 2.59 bits per heavy atom. The van der Waals surface area contributed by atoms with Gasteiger partial charge >= 0.3 is 0 Å². The predicted molar refractivity (Wildman–Crippen MR) is 81.6 cm³/mol. The lowest BCUT2D eigenvalue weighted by Gasteiger charge is -2.16. The molecule has 0 amide bonds. The molecule has 8 heteroatoms. The maximum Gasteiger partial charge on any atom is 0.241 e. The highest BCUT2D eigenvalue weighted by Crippen LogP contribution is 2.29. The van der Waals surface area contributed by atoms with E-state index in [0.29, 0.717) is 18.0 Å². The average Bonchev–Trinajstić information content (AvgIpc) is 2.98. The van der Waals surface area contributed by atoms with Gasteiger partial charge in [0.25, 0.3) is 0 Å². The van der Waals surface area contributed by atoms with E-state index in [-0.39, 0.29) is 10.9 Å². The Bertz CT molecular complexity index is 714. The molecule has 2 aromatic rings. The second-order valence-corrected chi connectivity index (χ2v) is 6.51. The van der Waals surface area contributed by atoms with Crippen molar-refractivity contribution >= 4 is 10.0 Å². The summed E-state index contributed by atoms with van der Waals surface area (Å²) in [7, 11) is -0.680. The van der Waals surface area contributed by atoms with Crippen LogP contribution in [0.4, 0.5) is 0 Å². The molecule has 0 bridgehead atoms. The molecule has 1 aromatic heterocycles. The summed E-state index contributed by atoms with van der Waals surface area (Å²) in [6.45, 7) is 2.28. The lowest BCUT2D eigenvalue weighted by molar-refractivity contribution is 0.354. The van der Waals surface area contributed by atoms with Crippen LogP contribution in [0.2, 0.25) is 0 Å². The van der Waals surface area contributed by atoms with Crippen molar-refractivity contribution in [2.24, 2.45) is 0 Å². The highest BCUT2D eigenvalue weighted by molar-refractivity contribution is 7.89. The van der Waals surface area contributed by atoms with Crippen molar-refractivity contribution in [3.8, 4) is 11.5 Å². The molecule has 1 unspecified atom stereocenters. The molecule has 1 atom stereocenters. The first-order valence-corrected chi connectivity index (χ1v) is 8.14. The van der Waals surface area contributed by atoms with Gasteiger partial charge in [-0.25, -0.2) is 18.1 Å². The van der Waals surface area contributed by atoms with Gasteiger partial charge in [-0.2, -0.15) is 0 Å². The molecule has 2 rings (SSSR count). The first kappa shape index (κ1) is 16.3. The number of hydrogen-bond acceptors (Lipinski definition) is 5. The smallest absolute Gasteiger partial charge is 0.241 e. The minimum absolute atomic E-state index is 0.127. The van der Waals surface area contributed by atoms with E-state index >= 15 is 0 Å². The zero-order valence-corrected chi connectivity index (χ0v) is 13.5. The maximum atomic E-state index is 12.4. The van der Waals surface area contributed by atoms with Gasteiger partial charge in [-0.3, -0.25) is 0 Å². The third-order valence-corrected chi connectivity index (χ3v) is 4.65. The molecule has 0 saturated carbocycles. The fraction of sp³-hybridized carbons (Fsp3) is 0.357. The largest absolute Gasteiger partial charge is 0.493 e. The van der Waals surface area contributed by atoms with E-state index in [9.17, 15) is 8.42 Å². The lowest BCUT2D eigenvalue weighted by Crippen LogP contribution is -2.35. The first-order valence-electron chi connectivity index (χ1n) is 6.66. The number of nitrogens with one attached hydrogen (secondary N) is 1. The van der Waals surface area contributed by atoms with Gasteiger partial charge in [0.15, 0.2) is 11.5 Å². The molecular formula is C14H19N3O4S. The predicted octanol–water partition coefficient (Wildman–Crippen LogP) is 1.27. The van der Waals surface area contributed by atoms with Crippen LogP contribution < -0.4 is 14.2 Å². The van der Waals surface area contributed by atoms with Gasteiger partial charge in [0.2, 0.25) is 10.0 Å². The van der Waals surface area contributed by atoms with Gasteiger partial charge in [0.05, 0.1) is 25.4 Å². The van der Waals surface area contributed by atoms with Gasteiger partial charge in [0.1, 0.15) is 0 Å². The maximum absolute atomic E-state index is 12.4. The van der Waals surface area contributed by atoms with E-state index in [0.717, 1.165) is 0 Å². The van der Waals surface area contributed by atoms with Crippen molar-refractivity contribution < 1.29 is 17.9 Å². The van der Waals surface area contributed by atoms with Crippen molar-refractivity contribution in [2.75, 3.05) is 14.2 Å². The Hall–Kier alpha value is -2.06. The molecule has 1 N–H and O–H groups in total. The normalized spacial score (nSPS) is 12.9. The van der Waals surface area contributed by atoms with Crippen LogP contribution in [0.5, 0.6) is 11.5 Å². The van der Waals surface area contributed by atoms with Crippen molar-refractivity contribution in [2.45, 2.75) is 24.4 Å². The van der Waals surface area contributed by atoms with Crippen molar-refractivity contribution in [1.82, 2.24) is 14.3 Å². The van der Waals surface area contributed by atoms with Gasteiger partial charge in [-0.1, -0.05) is 0 Å². The average molecular weight is 325 g/mol. The summed E-state index contributed by atoms with van der Waals surface area (Å²) in [5.74, 6) is 0.848. The second kappa shape index (κ2) is 6.80. The van der Waals surface area contributed by atoms with Crippen LogP contribution in [0.15, 0.2) is 41.8 Å².